The van der Waals surface area contributed by atoms with Crippen LogP contribution in [0.2, 0.25) is 0 Å². The van der Waals surface area contributed by atoms with Crippen LogP contribution in [0.15, 0.2) is 42.7 Å². The number of ether oxygens (including phenoxy) is 2. The maximum atomic E-state index is 15.1. The molecule has 0 unspecified atom stereocenters. The summed E-state index contributed by atoms with van der Waals surface area (Å²) in [6, 6.07) is 9.68. The van der Waals surface area contributed by atoms with Gasteiger partial charge >= 0.3 is 10.2 Å². The first-order valence-electron chi connectivity index (χ1n) is 9.36. The first kappa shape index (κ1) is 21.4. The Morgan fingerprint density at radius 3 is 2.62 bits per heavy atom. The molecule has 0 spiro atoms. The molecule has 11 nitrogen and oxygen atoms in total. The van der Waals surface area contributed by atoms with Crippen LogP contribution in [0.1, 0.15) is 11.1 Å². The Balaban J connectivity index is 1.64. The van der Waals surface area contributed by atoms with Crippen LogP contribution in [0.25, 0.3) is 0 Å². The Bertz CT molecular complexity index is 1220. The van der Waals surface area contributed by atoms with Crippen LogP contribution in [0.3, 0.4) is 0 Å². The monoisotopic (exact) mass is 462 g/mol. The predicted octanol–water partition coefficient (Wildman–Crippen LogP) is 1.32. The average Bonchev–Trinajstić information content (AvgIpc) is 3.37. The number of hydrogen-bond donors (Lipinski definition) is 3. The molecule has 13 heteroatoms. The Hall–Kier alpha value is -3.87. The molecule has 32 heavy (non-hydrogen) atoms. The maximum Gasteiger partial charge on any atom is 0.326 e. The second-order valence-electron chi connectivity index (χ2n) is 6.79. The van der Waals surface area contributed by atoms with Gasteiger partial charge in [0.2, 0.25) is 5.95 Å². The van der Waals surface area contributed by atoms with Crippen LogP contribution >= 0.6 is 0 Å². The number of carbonyl (C=O) groups is 1. The van der Waals surface area contributed by atoms with E-state index in [9.17, 15) is 13.2 Å². The molecule has 2 aromatic carbocycles. The highest BCUT2D eigenvalue weighted by molar-refractivity contribution is 7.92. The summed E-state index contributed by atoms with van der Waals surface area (Å²) in [6.07, 6.45) is 1.32. The number of benzene rings is 2. The molecule has 1 aromatic heterocycles. The standard InChI is InChI=1S/C19H19FN6O5S/c1-30-14-4-2-12(3-5-14)10-31-16-7-13(8-21-19-22-11-23-24-19)6-15(20)18(16)26-9-17(27)25-32(26,28)29/h2-7,11H,8-10H2,1H3,(H,25,27)(H2,21,22,23,24). The second kappa shape index (κ2) is 8.70. The van der Waals surface area contributed by atoms with Gasteiger partial charge in [0, 0.05) is 6.54 Å². The van der Waals surface area contributed by atoms with Crippen molar-refractivity contribution in [2.24, 2.45) is 0 Å². The summed E-state index contributed by atoms with van der Waals surface area (Å²) in [5.41, 5.74) is 0.865. The third kappa shape index (κ3) is 4.56. The van der Waals surface area contributed by atoms with Gasteiger partial charge in [-0.25, -0.2) is 23.5 Å². The number of carbonyl (C=O) groups excluding carboxylic acids is 1. The molecule has 1 amide bonds. The van der Waals surface area contributed by atoms with E-state index in [1.165, 1.54) is 12.4 Å². The quantitative estimate of drug-likeness (QED) is 0.456. The number of aromatic nitrogens is 3. The molecule has 1 aliphatic rings. The normalized spacial score (nSPS) is 14.8. The van der Waals surface area contributed by atoms with Crippen molar-refractivity contribution in [3.05, 3.63) is 59.7 Å². The lowest BCUT2D eigenvalue weighted by molar-refractivity contribution is -0.117. The minimum absolute atomic E-state index is 0.0322. The maximum absolute atomic E-state index is 15.1. The third-order valence-corrected chi connectivity index (χ3v) is 5.96. The zero-order valence-corrected chi connectivity index (χ0v) is 17.6. The molecular weight excluding hydrogens is 443 g/mol. The van der Waals surface area contributed by atoms with Gasteiger partial charge in [-0.05, 0) is 35.4 Å². The van der Waals surface area contributed by atoms with E-state index in [4.69, 9.17) is 9.47 Å². The Morgan fingerprint density at radius 2 is 2.00 bits per heavy atom. The number of H-pyrrole nitrogens is 1. The largest absolute Gasteiger partial charge is 0.497 e. The van der Waals surface area contributed by atoms with Crippen molar-refractivity contribution in [2.45, 2.75) is 13.2 Å². The molecule has 168 valence electrons. The highest BCUT2D eigenvalue weighted by Crippen LogP contribution is 2.36. The molecular formula is C19H19FN6O5S. The van der Waals surface area contributed by atoms with Crippen LogP contribution in [0.4, 0.5) is 16.0 Å². The van der Waals surface area contributed by atoms with Gasteiger partial charge in [-0.15, -0.1) is 0 Å². The van der Waals surface area contributed by atoms with Gasteiger partial charge in [-0.1, -0.05) is 12.1 Å². The molecule has 2 heterocycles. The van der Waals surface area contributed by atoms with Crippen LogP contribution in [-0.2, 0) is 28.2 Å². The van der Waals surface area contributed by atoms with Crippen molar-refractivity contribution in [1.82, 2.24) is 19.9 Å². The lowest BCUT2D eigenvalue weighted by atomic mass is 10.1. The Labute approximate surface area is 182 Å². The summed E-state index contributed by atoms with van der Waals surface area (Å²) in [7, 11) is -2.68. The van der Waals surface area contributed by atoms with Crippen molar-refractivity contribution in [3.8, 4) is 11.5 Å². The molecule has 3 N–H and O–H groups in total. The zero-order chi connectivity index (χ0) is 22.7. The first-order valence-corrected chi connectivity index (χ1v) is 10.8. The van der Waals surface area contributed by atoms with Crippen molar-refractivity contribution in [3.63, 3.8) is 0 Å². The molecule has 0 radical (unpaired) electrons. The summed E-state index contributed by atoms with van der Waals surface area (Å²) in [4.78, 5) is 15.6. The first-order chi connectivity index (χ1) is 15.4. The van der Waals surface area contributed by atoms with Gasteiger partial charge in [0.05, 0.1) is 7.11 Å². The lowest BCUT2D eigenvalue weighted by Gasteiger charge is -2.21. The van der Waals surface area contributed by atoms with Crippen LogP contribution < -0.4 is 23.8 Å². The number of methoxy groups -OCH3 is 1. The summed E-state index contributed by atoms with van der Waals surface area (Å²) in [6.45, 7) is -0.353. The predicted molar refractivity (Wildman–Crippen MR) is 112 cm³/mol. The SMILES string of the molecule is COc1ccc(COc2cc(CNc3ncn[nH]3)cc(F)c2N2CC(=O)NS2(=O)=O)cc1. The Kier molecular flexibility index (Phi) is 5.81. The third-order valence-electron chi connectivity index (χ3n) is 4.59. The molecule has 0 saturated carbocycles. The van der Waals surface area contributed by atoms with E-state index in [2.05, 4.69) is 20.5 Å². The molecule has 0 atom stereocenters. The van der Waals surface area contributed by atoms with E-state index >= 15 is 4.39 Å². The van der Waals surface area contributed by atoms with Crippen molar-refractivity contribution < 1.29 is 27.1 Å². The summed E-state index contributed by atoms with van der Waals surface area (Å²) < 4.78 is 53.2. The van der Waals surface area contributed by atoms with Crippen LogP contribution in [0.5, 0.6) is 11.5 Å². The summed E-state index contributed by atoms with van der Waals surface area (Å²) >= 11 is 0. The minimum atomic E-state index is -4.23. The smallest absolute Gasteiger partial charge is 0.326 e. The van der Waals surface area contributed by atoms with Gasteiger partial charge in [0.25, 0.3) is 5.91 Å². The van der Waals surface area contributed by atoms with Gasteiger partial charge in [0.15, 0.2) is 5.82 Å². The van der Waals surface area contributed by atoms with Gasteiger partial charge < -0.3 is 14.8 Å². The lowest BCUT2D eigenvalue weighted by Crippen LogP contribution is -2.30. The molecule has 1 aliphatic heterocycles. The van der Waals surface area contributed by atoms with Gasteiger partial charge in [-0.2, -0.15) is 13.5 Å². The minimum Gasteiger partial charge on any atom is -0.497 e. The summed E-state index contributed by atoms with van der Waals surface area (Å²) in [5, 5.41) is 9.27. The Morgan fingerprint density at radius 1 is 1.22 bits per heavy atom. The average molecular weight is 462 g/mol. The molecule has 1 saturated heterocycles. The number of hydrogen-bond acceptors (Lipinski definition) is 8. The highest BCUT2D eigenvalue weighted by Gasteiger charge is 2.37. The van der Waals surface area contributed by atoms with E-state index in [1.54, 1.807) is 31.4 Å². The van der Waals surface area contributed by atoms with Crippen LogP contribution in [-0.4, -0.2) is 43.2 Å². The highest BCUT2D eigenvalue weighted by atomic mass is 32.2. The van der Waals surface area contributed by atoms with Gasteiger partial charge in [0.1, 0.15) is 36.7 Å². The van der Waals surface area contributed by atoms with E-state index in [-0.39, 0.29) is 24.6 Å². The van der Waals surface area contributed by atoms with Crippen molar-refractivity contribution in [1.29, 1.82) is 0 Å². The molecule has 3 aromatic rings. The number of rotatable bonds is 8. The molecule has 1 fully saturated rings. The number of amides is 1. The fraction of sp³-hybridized carbons (Fsp3) is 0.211. The number of halogens is 1. The topological polar surface area (TPSA) is 139 Å². The number of nitrogens with zero attached hydrogens (tertiary/aromatic N) is 3. The number of nitrogens with one attached hydrogen (secondary N) is 3. The van der Waals surface area contributed by atoms with Gasteiger partial charge in [-0.3, -0.25) is 4.79 Å². The summed E-state index contributed by atoms with van der Waals surface area (Å²) in [5.74, 6) is -0.607. The fourth-order valence-electron chi connectivity index (χ4n) is 3.09. The van der Waals surface area contributed by atoms with Crippen molar-refractivity contribution in [2.75, 3.05) is 23.3 Å². The zero-order valence-electron chi connectivity index (χ0n) is 16.8. The van der Waals surface area contributed by atoms with E-state index in [0.717, 1.165) is 11.6 Å². The molecule has 4 rings (SSSR count). The second-order valence-corrected chi connectivity index (χ2v) is 8.38. The van der Waals surface area contributed by atoms with Crippen molar-refractivity contribution >= 4 is 27.8 Å². The number of anilines is 2. The van der Waals surface area contributed by atoms with E-state index in [1.807, 2.05) is 4.72 Å². The molecule has 0 aliphatic carbocycles. The fourth-order valence-corrected chi connectivity index (χ4v) is 4.25. The van der Waals surface area contributed by atoms with Crippen LogP contribution in [0, 0.1) is 5.82 Å². The number of aromatic amines is 1. The van der Waals surface area contributed by atoms with E-state index < -0.39 is 28.5 Å². The molecule has 0 bridgehead atoms. The van der Waals surface area contributed by atoms with E-state index in [0.29, 0.717) is 21.6 Å².